The summed E-state index contributed by atoms with van der Waals surface area (Å²) in [5, 5.41) is 6.33. The van der Waals surface area contributed by atoms with Crippen LogP contribution in [-0.2, 0) is 9.53 Å². The highest BCUT2D eigenvalue weighted by Crippen LogP contribution is 2.30. The summed E-state index contributed by atoms with van der Waals surface area (Å²) in [4.78, 5) is 38.5. The van der Waals surface area contributed by atoms with E-state index >= 15 is 0 Å². The van der Waals surface area contributed by atoms with Gasteiger partial charge in [0.15, 0.2) is 5.82 Å². The minimum Gasteiger partial charge on any atom is -0.381 e. The molecule has 3 heterocycles. The van der Waals surface area contributed by atoms with Gasteiger partial charge in [0.05, 0.1) is 15.2 Å². The first-order chi connectivity index (χ1) is 11.5. The van der Waals surface area contributed by atoms with Crippen LogP contribution >= 0.6 is 11.3 Å². The SMILES string of the molecule is NC(=O)C1(CNC(=O)c2ccc(-c3noc(=O)[nH]3)s2)CCOCC1. The van der Waals surface area contributed by atoms with Gasteiger partial charge in [-0.2, -0.15) is 0 Å². The number of nitrogens with two attached hydrogens (primary N) is 1. The monoisotopic (exact) mass is 352 g/mol. The fraction of sp³-hybridized carbons (Fsp3) is 0.429. The maximum absolute atomic E-state index is 12.3. The number of hydrogen-bond donors (Lipinski definition) is 3. The lowest BCUT2D eigenvalue weighted by Crippen LogP contribution is -2.49. The van der Waals surface area contributed by atoms with E-state index in [0.717, 1.165) is 11.3 Å². The smallest absolute Gasteiger partial charge is 0.381 e. The summed E-state index contributed by atoms with van der Waals surface area (Å²) < 4.78 is 9.69. The second kappa shape index (κ2) is 6.57. The average Bonchev–Trinajstić information content (AvgIpc) is 3.22. The van der Waals surface area contributed by atoms with Gasteiger partial charge in [-0.25, -0.2) is 4.79 Å². The Morgan fingerprint density at radius 2 is 2.12 bits per heavy atom. The number of nitrogens with one attached hydrogen (secondary N) is 2. The number of amides is 2. The maximum atomic E-state index is 12.3. The van der Waals surface area contributed by atoms with E-state index < -0.39 is 17.1 Å². The molecule has 0 radical (unpaired) electrons. The Bertz CT molecular complexity index is 802. The van der Waals surface area contributed by atoms with Crippen molar-refractivity contribution in [1.29, 1.82) is 0 Å². The first-order valence-electron chi connectivity index (χ1n) is 7.32. The van der Waals surface area contributed by atoms with Gasteiger partial charge in [-0.05, 0) is 25.0 Å². The zero-order valence-electron chi connectivity index (χ0n) is 12.7. The second-order valence-electron chi connectivity index (χ2n) is 5.55. The van der Waals surface area contributed by atoms with Crippen molar-refractivity contribution in [2.24, 2.45) is 11.1 Å². The Morgan fingerprint density at radius 1 is 1.38 bits per heavy atom. The summed E-state index contributed by atoms with van der Waals surface area (Å²) in [6.45, 7) is 1.06. The Kier molecular flexibility index (Phi) is 4.49. The van der Waals surface area contributed by atoms with E-state index in [-0.39, 0.29) is 18.3 Å². The molecule has 2 amide bonds. The quantitative estimate of drug-likeness (QED) is 0.697. The number of carbonyl (C=O) groups excluding carboxylic acids is 2. The lowest BCUT2D eigenvalue weighted by atomic mass is 9.79. The highest BCUT2D eigenvalue weighted by molar-refractivity contribution is 7.17. The third kappa shape index (κ3) is 3.24. The van der Waals surface area contributed by atoms with E-state index in [2.05, 4.69) is 20.0 Å². The normalized spacial score (nSPS) is 16.7. The Balaban J connectivity index is 1.68. The molecule has 24 heavy (non-hydrogen) atoms. The fourth-order valence-electron chi connectivity index (χ4n) is 2.53. The minimum atomic E-state index is -0.772. The molecule has 1 saturated heterocycles. The number of aromatic nitrogens is 2. The van der Waals surface area contributed by atoms with E-state index in [1.807, 2.05) is 0 Å². The van der Waals surface area contributed by atoms with Crippen molar-refractivity contribution in [3.8, 4) is 10.7 Å². The van der Waals surface area contributed by atoms with Crippen LogP contribution in [0.2, 0.25) is 0 Å². The largest absolute Gasteiger partial charge is 0.439 e. The number of thiophene rings is 1. The number of rotatable bonds is 5. The van der Waals surface area contributed by atoms with Crippen molar-refractivity contribution < 1.29 is 18.8 Å². The predicted octanol–water partition coefficient (Wildman–Crippen LogP) is 0.103. The lowest BCUT2D eigenvalue weighted by Gasteiger charge is -2.34. The number of primary amides is 1. The van der Waals surface area contributed by atoms with Crippen molar-refractivity contribution in [1.82, 2.24) is 15.5 Å². The number of hydrogen-bond acceptors (Lipinski definition) is 7. The van der Waals surface area contributed by atoms with E-state index in [1.165, 1.54) is 0 Å². The molecule has 9 nitrogen and oxygen atoms in total. The van der Waals surface area contributed by atoms with Crippen LogP contribution in [0.1, 0.15) is 22.5 Å². The van der Waals surface area contributed by atoms with Crippen LogP contribution in [0.5, 0.6) is 0 Å². The molecule has 0 spiro atoms. The van der Waals surface area contributed by atoms with Gasteiger partial charge in [-0.1, -0.05) is 5.16 Å². The molecule has 2 aromatic rings. The third-order valence-electron chi connectivity index (χ3n) is 4.06. The highest BCUT2D eigenvalue weighted by atomic mass is 32.1. The van der Waals surface area contributed by atoms with Crippen molar-refractivity contribution in [3.05, 3.63) is 27.6 Å². The van der Waals surface area contributed by atoms with E-state index in [9.17, 15) is 14.4 Å². The summed E-state index contributed by atoms with van der Waals surface area (Å²) in [7, 11) is 0. The first-order valence-corrected chi connectivity index (χ1v) is 8.14. The van der Waals surface area contributed by atoms with Crippen LogP contribution in [0.3, 0.4) is 0 Å². The molecule has 2 aromatic heterocycles. The van der Waals surface area contributed by atoms with Crippen LogP contribution in [0, 0.1) is 5.41 Å². The van der Waals surface area contributed by atoms with Gasteiger partial charge in [0.2, 0.25) is 5.91 Å². The van der Waals surface area contributed by atoms with Gasteiger partial charge in [-0.15, -0.1) is 11.3 Å². The number of nitrogens with zero attached hydrogens (tertiary/aromatic N) is 1. The molecule has 0 atom stereocenters. The molecule has 0 unspecified atom stereocenters. The summed E-state index contributed by atoms with van der Waals surface area (Å²) in [6, 6.07) is 3.27. The fourth-order valence-corrected chi connectivity index (χ4v) is 3.39. The van der Waals surface area contributed by atoms with Gasteiger partial charge >= 0.3 is 5.76 Å². The van der Waals surface area contributed by atoms with Crippen LogP contribution in [-0.4, -0.2) is 41.7 Å². The second-order valence-corrected chi connectivity index (χ2v) is 6.63. The Hall–Kier alpha value is -2.46. The molecule has 1 aliphatic rings. The predicted molar refractivity (Wildman–Crippen MR) is 84.5 cm³/mol. The van der Waals surface area contributed by atoms with Gasteiger partial charge in [0.1, 0.15) is 0 Å². The van der Waals surface area contributed by atoms with E-state index in [1.54, 1.807) is 12.1 Å². The molecule has 0 aromatic carbocycles. The lowest BCUT2D eigenvalue weighted by molar-refractivity contribution is -0.132. The van der Waals surface area contributed by atoms with Crippen molar-refractivity contribution in [2.75, 3.05) is 19.8 Å². The molecular weight excluding hydrogens is 336 g/mol. The average molecular weight is 352 g/mol. The van der Waals surface area contributed by atoms with Gasteiger partial charge < -0.3 is 15.8 Å². The standard InChI is InChI=1S/C14H16N4O5S/c15-12(20)14(3-5-22-6-4-14)7-16-11(19)9-2-1-8(24-9)10-17-13(21)23-18-10/h1-2H,3-7H2,(H2,15,20)(H,16,19)(H,17,18,21). The highest BCUT2D eigenvalue weighted by Gasteiger charge is 2.38. The molecule has 4 N–H and O–H groups in total. The van der Waals surface area contributed by atoms with Crippen molar-refractivity contribution >= 4 is 23.2 Å². The summed E-state index contributed by atoms with van der Waals surface area (Å²) in [5.41, 5.74) is 4.74. The molecule has 0 aliphatic carbocycles. The molecule has 10 heteroatoms. The zero-order chi connectivity index (χ0) is 17.2. The Labute approximate surface area is 140 Å². The van der Waals surface area contributed by atoms with Crippen LogP contribution in [0.4, 0.5) is 0 Å². The molecule has 1 fully saturated rings. The van der Waals surface area contributed by atoms with Crippen molar-refractivity contribution in [2.45, 2.75) is 12.8 Å². The topological polar surface area (TPSA) is 140 Å². The number of H-pyrrole nitrogens is 1. The maximum Gasteiger partial charge on any atom is 0.439 e. The van der Waals surface area contributed by atoms with E-state index in [4.69, 9.17) is 10.5 Å². The number of aromatic amines is 1. The van der Waals surface area contributed by atoms with Gasteiger partial charge in [0, 0.05) is 19.8 Å². The first kappa shape index (κ1) is 16.4. The molecule has 128 valence electrons. The van der Waals surface area contributed by atoms with Crippen LogP contribution in [0.15, 0.2) is 21.5 Å². The molecule has 0 saturated carbocycles. The molecule has 3 rings (SSSR count). The molecule has 1 aliphatic heterocycles. The summed E-state index contributed by atoms with van der Waals surface area (Å²) in [6.07, 6.45) is 0.969. The number of ether oxygens (including phenoxy) is 1. The molecule has 0 bridgehead atoms. The van der Waals surface area contributed by atoms with Gasteiger partial charge in [-0.3, -0.25) is 19.1 Å². The van der Waals surface area contributed by atoms with Crippen LogP contribution in [0.25, 0.3) is 10.7 Å². The Morgan fingerprint density at radius 3 is 2.75 bits per heavy atom. The summed E-state index contributed by atoms with van der Waals surface area (Å²) >= 11 is 1.16. The zero-order valence-corrected chi connectivity index (χ0v) is 13.5. The van der Waals surface area contributed by atoms with Crippen molar-refractivity contribution in [3.63, 3.8) is 0 Å². The van der Waals surface area contributed by atoms with Crippen LogP contribution < -0.4 is 16.8 Å². The minimum absolute atomic E-state index is 0.165. The van der Waals surface area contributed by atoms with E-state index in [0.29, 0.717) is 35.8 Å². The van der Waals surface area contributed by atoms with Gasteiger partial charge in [0.25, 0.3) is 5.91 Å². The number of carbonyl (C=O) groups is 2. The molecular formula is C14H16N4O5S. The summed E-state index contributed by atoms with van der Waals surface area (Å²) in [5.74, 6) is -1.14. The third-order valence-corrected chi connectivity index (χ3v) is 5.15.